The van der Waals surface area contributed by atoms with Crippen LogP contribution in [0.3, 0.4) is 0 Å². The van der Waals surface area contributed by atoms with Crippen LogP contribution in [0, 0.1) is 6.92 Å². The number of nitrogens with one attached hydrogen (secondary N) is 1. The summed E-state index contributed by atoms with van der Waals surface area (Å²) >= 11 is 0. The maximum Gasteiger partial charge on any atom is 0.241 e. The second-order valence-electron chi connectivity index (χ2n) is 7.41. The molecular weight excluding hydrogens is 517 g/mol. The third-order valence-electron chi connectivity index (χ3n) is 4.98. The predicted molar refractivity (Wildman–Crippen MR) is 130 cm³/mol. The van der Waals surface area contributed by atoms with Crippen molar-refractivity contribution in [1.29, 1.82) is 0 Å². The predicted octanol–water partition coefficient (Wildman–Crippen LogP) is 5.40. The zero-order valence-corrected chi connectivity index (χ0v) is 20.9. The third-order valence-corrected chi connectivity index (χ3v) is 6.44. The van der Waals surface area contributed by atoms with Crippen LogP contribution in [0.5, 0.6) is 0 Å². The largest absolute Gasteiger partial charge is 0.322 e. The monoisotopic (exact) mass is 546 g/mol. The molecule has 0 amide bonds. The molecule has 0 radical (unpaired) electrons. The number of hydrogen-bond donors (Lipinski definition) is 2. The molecule has 0 unspecified atom stereocenters. The molecule has 4 aromatic rings. The molecule has 0 aliphatic rings. The van der Waals surface area contributed by atoms with E-state index in [1.54, 1.807) is 24.3 Å². The minimum Gasteiger partial charge on any atom is -0.322 e. The first-order valence-corrected chi connectivity index (χ1v) is 11.9. The summed E-state index contributed by atoms with van der Waals surface area (Å²) in [5.41, 5.74) is 9.15. The Labute approximate surface area is 209 Å². The number of nitrogens with two attached hydrogens (primary N) is 1. The van der Waals surface area contributed by atoms with Gasteiger partial charge in [0.15, 0.2) is 0 Å². The summed E-state index contributed by atoms with van der Waals surface area (Å²) in [6.45, 7) is 1.92. The van der Waals surface area contributed by atoms with Crippen LogP contribution in [-0.4, -0.2) is 8.42 Å². The van der Waals surface area contributed by atoms with Crippen molar-refractivity contribution in [3.63, 3.8) is 0 Å². The van der Waals surface area contributed by atoms with Gasteiger partial charge < -0.3 is 5.73 Å². The Balaban J connectivity index is 0.000000479. The van der Waals surface area contributed by atoms with E-state index in [0.29, 0.717) is 0 Å². The Morgan fingerprint density at radius 2 is 1.03 bits per heavy atom. The van der Waals surface area contributed by atoms with Gasteiger partial charge in [-0.05, 0) is 30.2 Å². The van der Waals surface area contributed by atoms with Crippen LogP contribution >= 0.6 is 0 Å². The molecule has 0 aromatic heterocycles. The van der Waals surface area contributed by atoms with Crippen molar-refractivity contribution in [3.05, 3.63) is 138 Å². The van der Waals surface area contributed by atoms with Crippen molar-refractivity contribution in [2.45, 2.75) is 23.9 Å². The number of hydrogen-bond acceptors (Lipinski definition) is 3. The van der Waals surface area contributed by atoms with Gasteiger partial charge in [0.25, 0.3) is 0 Å². The van der Waals surface area contributed by atoms with E-state index in [-0.39, 0.29) is 24.4 Å². The van der Waals surface area contributed by atoms with Crippen molar-refractivity contribution < 1.29 is 27.9 Å². The topological polar surface area (TPSA) is 72.2 Å². The number of aryl methyl sites for hydroxylation is 1. The van der Waals surface area contributed by atoms with E-state index in [1.165, 1.54) is 0 Å². The number of sulfonamides is 1. The Bertz CT molecular complexity index is 1140. The summed E-state index contributed by atoms with van der Waals surface area (Å²) in [5, 5.41) is 0. The first kappa shape index (κ1) is 26.6. The van der Waals surface area contributed by atoms with Crippen molar-refractivity contribution in [2.75, 3.05) is 0 Å². The van der Waals surface area contributed by atoms with Gasteiger partial charge in [-0.2, -0.15) is 0 Å². The standard InChI is InChI=1S/C21H22N2O2S.C6H6.Ru/c1-16-12-14-19(15-13-16)26(24,25)23-21(18-10-6-3-7-11-18)20(22)17-8-4-2-5-9-17;1-2-4-6-5-3-1;/h2-15,20-21,23H,22H2,1H3;1-6H;/t20-,21-;;/m1../s1. The summed E-state index contributed by atoms with van der Waals surface area (Å²) in [5.74, 6) is 0. The minimum absolute atomic E-state index is 0. The number of benzene rings is 4. The van der Waals surface area contributed by atoms with E-state index in [9.17, 15) is 8.42 Å². The molecule has 0 saturated heterocycles. The van der Waals surface area contributed by atoms with Crippen LogP contribution in [0.25, 0.3) is 0 Å². The van der Waals surface area contributed by atoms with Crippen molar-refractivity contribution >= 4 is 10.0 Å². The van der Waals surface area contributed by atoms with E-state index >= 15 is 0 Å². The molecule has 33 heavy (non-hydrogen) atoms. The third kappa shape index (κ3) is 8.02. The van der Waals surface area contributed by atoms with Crippen LogP contribution < -0.4 is 10.5 Å². The quantitative estimate of drug-likeness (QED) is 0.319. The Kier molecular flexibility index (Phi) is 10.6. The Hall–Kier alpha value is -2.63. The molecule has 4 aromatic carbocycles. The number of rotatable bonds is 6. The van der Waals surface area contributed by atoms with Gasteiger partial charge in [0.05, 0.1) is 17.0 Å². The fourth-order valence-electron chi connectivity index (χ4n) is 3.21. The van der Waals surface area contributed by atoms with E-state index in [4.69, 9.17) is 5.73 Å². The molecule has 4 rings (SSSR count). The molecule has 0 bridgehead atoms. The second-order valence-corrected chi connectivity index (χ2v) is 9.13. The average Bonchev–Trinajstić information content (AvgIpc) is 2.85. The molecule has 0 aliphatic carbocycles. The smallest absolute Gasteiger partial charge is 0.241 e. The summed E-state index contributed by atoms with van der Waals surface area (Å²) in [4.78, 5) is 0.226. The second kappa shape index (κ2) is 13.2. The fraction of sp³-hybridized carbons (Fsp3) is 0.111. The molecule has 0 spiro atoms. The van der Waals surface area contributed by atoms with Gasteiger partial charge in [0, 0.05) is 19.5 Å². The van der Waals surface area contributed by atoms with Crippen LogP contribution in [0.1, 0.15) is 28.8 Å². The van der Waals surface area contributed by atoms with E-state index < -0.39 is 22.1 Å². The van der Waals surface area contributed by atoms with Gasteiger partial charge in [-0.25, -0.2) is 13.1 Å². The van der Waals surface area contributed by atoms with E-state index in [2.05, 4.69) is 4.72 Å². The van der Waals surface area contributed by atoms with E-state index in [0.717, 1.165) is 16.7 Å². The van der Waals surface area contributed by atoms with Gasteiger partial charge in [-0.15, -0.1) is 0 Å². The molecule has 0 saturated carbocycles. The van der Waals surface area contributed by atoms with E-state index in [1.807, 2.05) is 104 Å². The van der Waals surface area contributed by atoms with Gasteiger partial charge in [-0.3, -0.25) is 0 Å². The summed E-state index contributed by atoms with van der Waals surface area (Å²) < 4.78 is 28.6. The molecule has 172 valence electrons. The molecule has 4 nitrogen and oxygen atoms in total. The first-order chi connectivity index (χ1) is 15.5. The molecule has 6 heteroatoms. The minimum atomic E-state index is -3.71. The molecule has 0 aliphatic heterocycles. The summed E-state index contributed by atoms with van der Waals surface area (Å²) in [7, 11) is -3.71. The molecular formula is C27H28N2O2RuS. The van der Waals surface area contributed by atoms with Crippen molar-refractivity contribution in [2.24, 2.45) is 5.73 Å². The molecule has 0 fully saturated rings. The first-order valence-electron chi connectivity index (χ1n) is 10.4. The normalized spacial score (nSPS) is 12.4. The van der Waals surface area contributed by atoms with Crippen LogP contribution in [0.4, 0.5) is 0 Å². The van der Waals surface area contributed by atoms with Crippen molar-refractivity contribution in [1.82, 2.24) is 4.72 Å². The Morgan fingerprint density at radius 3 is 1.48 bits per heavy atom. The van der Waals surface area contributed by atoms with Crippen LogP contribution in [0.15, 0.2) is 126 Å². The maximum atomic E-state index is 12.9. The van der Waals surface area contributed by atoms with Gasteiger partial charge in [0.1, 0.15) is 0 Å². The summed E-state index contributed by atoms with van der Waals surface area (Å²) in [6, 6.07) is 36.6. The van der Waals surface area contributed by atoms with Crippen LogP contribution in [-0.2, 0) is 29.5 Å². The molecule has 2 atom stereocenters. The fourth-order valence-corrected chi connectivity index (χ4v) is 4.46. The van der Waals surface area contributed by atoms with Gasteiger partial charge in [-0.1, -0.05) is 115 Å². The van der Waals surface area contributed by atoms with Gasteiger partial charge in [0.2, 0.25) is 10.0 Å². The summed E-state index contributed by atoms with van der Waals surface area (Å²) in [6.07, 6.45) is 0. The molecule has 3 N–H and O–H groups in total. The average molecular weight is 546 g/mol. The van der Waals surface area contributed by atoms with Crippen molar-refractivity contribution in [3.8, 4) is 0 Å². The van der Waals surface area contributed by atoms with Gasteiger partial charge >= 0.3 is 0 Å². The zero-order valence-electron chi connectivity index (χ0n) is 18.4. The molecule has 0 heterocycles. The maximum absolute atomic E-state index is 12.9. The zero-order chi connectivity index (χ0) is 22.8. The Morgan fingerprint density at radius 1 is 0.636 bits per heavy atom. The SMILES string of the molecule is Cc1ccc(S(=O)(=O)N[C@H](c2ccccc2)[C@H](N)c2ccccc2)cc1.[Ru].c1ccccc1. The van der Waals surface area contributed by atoms with Crippen LogP contribution in [0.2, 0.25) is 0 Å².